The van der Waals surface area contributed by atoms with Gasteiger partial charge in [-0.3, -0.25) is 0 Å². The van der Waals surface area contributed by atoms with Gasteiger partial charge in [0, 0.05) is 12.2 Å². The summed E-state index contributed by atoms with van der Waals surface area (Å²) >= 11 is 0. The van der Waals surface area contributed by atoms with Crippen LogP contribution in [0.15, 0.2) is 42.6 Å². The maximum absolute atomic E-state index is 9.24. The van der Waals surface area contributed by atoms with Crippen molar-refractivity contribution in [2.24, 2.45) is 5.41 Å². The summed E-state index contributed by atoms with van der Waals surface area (Å²) in [6.07, 6.45) is 2.31. The summed E-state index contributed by atoms with van der Waals surface area (Å²) in [5.41, 5.74) is 1.78. The van der Waals surface area contributed by atoms with Crippen LogP contribution < -0.4 is 0 Å². The Morgan fingerprint density at radius 3 is 2.67 bits per heavy atom. The second-order valence-corrected chi connectivity index (χ2v) is 5.45. The number of allylic oxidation sites excluding steroid dienone is 1. The van der Waals surface area contributed by atoms with Crippen LogP contribution in [-0.4, -0.2) is 11.4 Å². The van der Waals surface area contributed by atoms with E-state index >= 15 is 0 Å². The van der Waals surface area contributed by atoms with Gasteiger partial charge in [0.1, 0.15) is 0 Å². The maximum Gasteiger partial charge on any atom is 0.0908 e. The first-order chi connectivity index (χ1) is 8.56. The van der Waals surface area contributed by atoms with Crippen LogP contribution in [-0.2, 0) is 0 Å². The predicted molar refractivity (Wildman–Crippen MR) is 73.7 cm³/mol. The molecular formula is C16H20N2. The van der Waals surface area contributed by atoms with Crippen molar-refractivity contribution in [1.82, 2.24) is 4.90 Å². The minimum Gasteiger partial charge on any atom is -0.367 e. The lowest BCUT2D eigenvalue weighted by molar-refractivity contribution is 0.274. The fourth-order valence-corrected chi connectivity index (χ4v) is 2.54. The molecule has 1 aliphatic rings. The van der Waals surface area contributed by atoms with Crippen molar-refractivity contribution in [2.75, 3.05) is 6.54 Å². The third-order valence-electron chi connectivity index (χ3n) is 3.78. The topological polar surface area (TPSA) is 27.0 Å². The predicted octanol–water partition coefficient (Wildman–Crippen LogP) is 3.89. The van der Waals surface area contributed by atoms with E-state index in [0.717, 1.165) is 18.7 Å². The van der Waals surface area contributed by atoms with Gasteiger partial charge in [-0.1, -0.05) is 36.9 Å². The molecule has 1 fully saturated rings. The first kappa shape index (κ1) is 12.7. The summed E-state index contributed by atoms with van der Waals surface area (Å²) in [4.78, 5) is 2.30. The molecule has 0 aromatic heterocycles. The van der Waals surface area contributed by atoms with Crippen LogP contribution in [0, 0.1) is 16.7 Å². The minimum atomic E-state index is -0.489. The van der Waals surface area contributed by atoms with Crippen molar-refractivity contribution in [3.05, 3.63) is 48.2 Å². The van der Waals surface area contributed by atoms with Crippen molar-refractivity contribution in [1.29, 1.82) is 5.26 Å². The average Bonchev–Trinajstić information content (AvgIpc) is 2.87. The van der Waals surface area contributed by atoms with Gasteiger partial charge in [-0.25, -0.2) is 0 Å². The Labute approximate surface area is 110 Å². The number of hydrogen-bond acceptors (Lipinski definition) is 2. The Hall–Kier alpha value is -1.75. The Balaban J connectivity index is 2.24. The Bertz CT molecular complexity index is 468. The Morgan fingerprint density at radius 1 is 1.39 bits per heavy atom. The molecule has 0 saturated carbocycles. The van der Waals surface area contributed by atoms with Crippen molar-refractivity contribution >= 4 is 0 Å². The SMILES string of the molecule is C=C(N1CCCC1c1ccccc1)C(C)(C)C#N. The number of rotatable bonds is 3. The van der Waals surface area contributed by atoms with Gasteiger partial charge in [-0.15, -0.1) is 0 Å². The second-order valence-electron chi connectivity index (χ2n) is 5.45. The van der Waals surface area contributed by atoms with Crippen LogP contribution in [0.3, 0.4) is 0 Å². The van der Waals surface area contributed by atoms with Gasteiger partial charge in [0.15, 0.2) is 0 Å². The van der Waals surface area contributed by atoms with Crippen molar-refractivity contribution in [2.45, 2.75) is 32.7 Å². The summed E-state index contributed by atoms with van der Waals surface area (Å²) in [5, 5.41) is 9.24. The molecule has 1 aliphatic heterocycles. The van der Waals surface area contributed by atoms with E-state index in [4.69, 9.17) is 0 Å². The zero-order valence-electron chi connectivity index (χ0n) is 11.2. The number of likely N-dealkylation sites (tertiary alicyclic amines) is 1. The standard InChI is InChI=1S/C16H20N2/c1-13(16(2,3)12-17)18-11-7-10-15(18)14-8-5-4-6-9-14/h4-6,8-9,15H,1,7,10-11H2,2-3H3. The molecule has 1 atom stereocenters. The summed E-state index contributed by atoms with van der Waals surface area (Å²) in [5.74, 6) is 0. The van der Waals surface area contributed by atoms with Crippen LogP contribution in [0.2, 0.25) is 0 Å². The van der Waals surface area contributed by atoms with Crippen molar-refractivity contribution in [3.63, 3.8) is 0 Å². The highest BCUT2D eigenvalue weighted by Crippen LogP contribution is 2.39. The molecule has 1 unspecified atom stereocenters. The van der Waals surface area contributed by atoms with E-state index in [9.17, 15) is 5.26 Å². The quantitative estimate of drug-likeness (QED) is 0.801. The molecule has 0 N–H and O–H groups in total. The molecule has 1 saturated heterocycles. The normalized spacial score (nSPS) is 19.6. The van der Waals surface area contributed by atoms with Crippen LogP contribution in [0.25, 0.3) is 0 Å². The molecule has 1 heterocycles. The lowest BCUT2D eigenvalue weighted by atomic mass is 9.90. The zero-order valence-corrected chi connectivity index (χ0v) is 11.2. The second kappa shape index (κ2) is 4.86. The lowest BCUT2D eigenvalue weighted by Crippen LogP contribution is -2.30. The van der Waals surface area contributed by atoms with Crippen LogP contribution >= 0.6 is 0 Å². The fourth-order valence-electron chi connectivity index (χ4n) is 2.54. The van der Waals surface area contributed by atoms with Crippen molar-refractivity contribution in [3.8, 4) is 6.07 Å². The van der Waals surface area contributed by atoms with E-state index in [2.05, 4.69) is 41.8 Å². The molecule has 2 heteroatoms. The first-order valence-electron chi connectivity index (χ1n) is 6.48. The van der Waals surface area contributed by atoms with E-state index in [1.807, 2.05) is 19.9 Å². The molecule has 0 spiro atoms. The van der Waals surface area contributed by atoms with E-state index in [-0.39, 0.29) is 0 Å². The molecule has 1 aromatic rings. The smallest absolute Gasteiger partial charge is 0.0908 e. The highest BCUT2D eigenvalue weighted by molar-refractivity contribution is 5.25. The minimum absolute atomic E-state index is 0.381. The molecule has 1 aromatic carbocycles. The van der Waals surface area contributed by atoms with Gasteiger partial charge in [0.05, 0.1) is 17.5 Å². The Morgan fingerprint density at radius 2 is 2.06 bits per heavy atom. The van der Waals surface area contributed by atoms with Crippen LogP contribution in [0.1, 0.15) is 38.3 Å². The molecule has 2 rings (SSSR count). The number of nitriles is 1. The van der Waals surface area contributed by atoms with E-state index in [0.29, 0.717) is 6.04 Å². The van der Waals surface area contributed by atoms with E-state index < -0.39 is 5.41 Å². The van der Waals surface area contributed by atoms with Gasteiger partial charge in [0.2, 0.25) is 0 Å². The monoisotopic (exact) mass is 240 g/mol. The van der Waals surface area contributed by atoms with Crippen molar-refractivity contribution < 1.29 is 0 Å². The third kappa shape index (κ3) is 2.26. The van der Waals surface area contributed by atoms with Gasteiger partial charge < -0.3 is 4.90 Å². The molecule has 2 nitrogen and oxygen atoms in total. The molecule has 0 aliphatic carbocycles. The van der Waals surface area contributed by atoms with E-state index in [1.165, 1.54) is 12.0 Å². The van der Waals surface area contributed by atoms with Gasteiger partial charge in [-0.05, 0) is 32.3 Å². The number of hydrogen-bond donors (Lipinski definition) is 0. The molecular weight excluding hydrogens is 220 g/mol. The van der Waals surface area contributed by atoms with Gasteiger partial charge >= 0.3 is 0 Å². The highest BCUT2D eigenvalue weighted by Gasteiger charge is 2.33. The zero-order chi connectivity index (χ0) is 13.2. The summed E-state index contributed by atoms with van der Waals surface area (Å²) in [7, 11) is 0. The van der Waals surface area contributed by atoms with Crippen LogP contribution in [0.4, 0.5) is 0 Å². The lowest BCUT2D eigenvalue weighted by Gasteiger charge is -2.34. The summed E-state index contributed by atoms with van der Waals surface area (Å²) in [6.45, 7) is 9.04. The molecule has 18 heavy (non-hydrogen) atoms. The van der Waals surface area contributed by atoms with Gasteiger partial charge in [-0.2, -0.15) is 5.26 Å². The molecule has 0 radical (unpaired) electrons. The van der Waals surface area contributed by atoms with Crippen LogP contribution in [0.5, 0.6) is 0 Å². The number of benzene rings is 1. The largest absolute Gasteiger partial charge is 0.367 e. The molecule has 0 bridgehead atoms. The third-order valence-corrected chi connectivity index (χ3v) is 3.78. The van der Waals surface area contributed by atoms with Gasteiger partial charge in [0.25, 0.3) is 0 Å². The number of nitrogens with zero attached hydrogens (tertiary/aromatic N) is 2. The summed E-state index contributed by atoms with van der Waals surface area (Å²) < 4.78 is 0. The fraction of sp³-hybridized carbons (Fsp3) is 0.438. The first-order valence-corrected chi connectivity index (χ1v) is 6.48. The summed E-state index contributed by atoms with van der Waals surface area (Å²) in [6, 6.07) is 13.2. The Kier molecular flexibility index (Phi) is 3.43. The molecule has 0 amide bonds. The molecule has 94 valence electrons. The van der Waals surface area contributed by atoms with E-state index in [1.54, 1.807) is 0 Å². The maximum atomic E-state index is 9.24. The average molecular weight is 240 g/mol. The highest BCUT2D eigenvalue weighted by atomic mass is 15.2.